The largest absolute Gasteiger partial charge is 0.492 e. The molecule has 0 aliphatic carbocycles. The number of benzene rings is 1. The van der Waals surface area contributed by atoms with Crippen LogP contribution in [0.25, 0.3) is 11.0 Å². The molecule has 0 bridgehead atoms. The maximum atomic E-state index is 5.46. The van der Waals surface area contributed by atoms with Crippen molar-refractivity contribution in [3.63, 3.8) is 0 Å². The summed E-state index contributed by atoms with van der Waals surface area (Å²) in [6, 6.07) is 7.85. The van der Waals surface area contributed by atoms with Gasteiger partial charge in [-0.1, -0.05) is 12.1 Å². The second kappa shape index (κ2) is 2.55. The number of fused-ring (bicyclic) bond motifs is 1. The van der Waals surface area contributed by atoms with Crippen LogP contribution in [0, 0.1) is 6.92 Å². The summed E-state index contributed by atoms with van der Waals surface area (Å²) >= 11 is 0. The highest BCUT2D eigenvalue weighted by Gasteiger charge is 2.08. The summed E-state index contributed by atoms with van der Waals surface area (Å²) in [6.45, 7) is 1.90. The highest BCUT2D eigenvalue weighted by molar-refractivity contribution is 5.85. The van der Waals surface area contributed by atoms with E-state index >= 15 is 0 Å². The molecule has 2 heteroatoms. The van der Waals surface area contributed by atoms with Crippen molar-refractivity contribution >= 4 is 11.0 Å². The van der Waals surface area contributed by atoms with Gasteiger partial charge in [0, 0.05) is 0 Å². The summed E-state index contributed by atoms with van der Waals surface area (Å²) in [5.41, 5.74) is 0.881. The first-order valence-electron chi connectivity index (χ1n) is 3.85. The Labute approximate surface area is 70.8 Å². The van der Waals surface area contributed by atoms with Crippen LogP contribution in [-0.2, 0) is 0 Å². The Hall–Kier alpha value is -1.44. The van der Waals surface area contributed by atoms with Crippen LogP contribution >= 0.6 is 0 Å². The van der Waals surface area contributed by atoms with Crippen LogP contribution in [0.15, 0.2) is 28.7 Å². The second-order valence-electron chi connectivity index (χ2n) is 2.69. The van der Waals surface area contributed by atoms with Crippen molar-refractivity contribution in [2.45, 2.75) is 6.92 Å². The summed E-state index contributed by atoms with van der Waals surface area (Å²) in [7, 11) is 1.66. The van der Waals surface area contributed by atoms with E-state index in [0.29, 0.717) is 0 Å². The minimum absolute atomic E-state index is 0.832. The Bertz CT molecular complexity index is 401. The van der Waals surface area contributed by atoms with Gasteiger partial charge in [0.2, 0.25) is 0 Å². The summed E-state index contributed by atoms with van der Waals surface area (Å²) in [4.78, 5) is 0. The molecular weight excluding hydrogens is 152 g/mol. The molecule has 0 spiro atoms. The van der Waals surface area contributed by atoms with Gasteiger partial charge in [0.1, 0.15) is 11.3 Å². The summed E-state index contributed by atoms with van der Waals surface area (Å²) in [5.74, 6) is 1.67. The lowest BCUT2D eigenvalue weighted by molar-refractivity contribution is 0.402. The van der Waals surface area contributed by atoms with Gasteiger partial charge in [0.15, 0.2) is 5.75 Å². The van der Waals surface area contributed by atoms with Crippen LogP contribution in [0.1, 0.15) is 5.76 Å². The molecule has 0 saturated heterocycles. The number of rotatable bonds is 1. The summed E-state index contributed by atoms with van der Waals surface area (Å²) in [6.07, 6.45) is 0. The average molecular weight is 162 g/mol. The molecule has 0 atom stereocenters. The molecule has 0 unspecified atom stereocenters. The first-order chi connectivity index (χ1) is 5.83. The van der Waals surface area contributed by atoms with Crippen LogP contribution in [0.3, 0.4) is 0 Å². The van der Waals surface area contributed by atoms with E-state index < -0.39 is 0 Å². The van der Waals surface area contributed by atoms with Gasteiger partial charge in [-0.05, 0) is 19.1 Å². The number of hydrogen-bond acceptors (Lipinski definition) is 2. The van der Waals surface area contributed by atoms with Crippen LogP contribution in [0.2, 0.25) is 0 Å². The fourth-order valence-electron chi connectivity index (χ4n) is 1.40. The molecule has 2 nitrogen and oxygen atoms in total. The molecule has 1 aromatic carbocycles. The van der Waals surface area contributed by atoms with Gasteiger partial charge in [0.05, 0.1) is 12.5 Å². The monoisotopic (exact) mass is 162 g/mol. The van der Waals surface area contributed by atoms with Gasteiger partial charge in [0.25, 0.3) is 0 Å². The van der Waals surface area contributed by atoms with E-state index in [0.717, 1.165) is 22.5 Å². The van der Waals surface area contributed by atoms with E-state index in [9.17, 15) is 0 Å². The van der Waals surface area contributed by atoms with Gasteiger partial charge in [-0.2, -0.15) is 0 Å². The Morgan fingerprint density at radius 1 is 1.25 bits per heavy atom. The van der Waals surface area contributed by atoms with E-state index in [-0.39, 0.29) is 0 Å². The maximum Gasteiger partial charge on any atom is 0.167 e. The smallest absolute Gasteiger partial charge is 0.167 e. The zero-order valence-electron chi connectivity index (χ0n) is 7.13. The molecule has 1 heterocycles. The third-order valence-electron chi connectivity index (χ3n) is 1.92. The van der Waals surface area contributed by atoms with E-state index in [4.69, 9.17) is 9.15 Å². The lowest BCUT2D eigenvalue weighted by atomic mass is 10.2. The van der Waals surface area contributed by atoms with E-state index in [2.05, 4.69) is 0 Å². The topological polar surface area (TPSA) is 22.4 Å². The number of ether oxygens (including phenoxy) is 1. The summed E-state index contributed by atoms with van der Waals surface area (Å²) in [5, 5.41) is 1.04. The first kappa shape index (κ1) is 7.22. The predicted octanol–water partition coefficient (Wildman–Crippen LogP) is 2.75. The van der Waals surface area contributed by atoms with Crippen LogP contribution < -0.4 is 4.74 Å². The molecule has 0 N–H and O–H groups in total. The average Bonchev–Trinajstić information content (AvgIpc) is 2.40. The molecular formula is C10H10O2. The van der Waals surface area contributed by atoms with Crippen molar-refractivity contribution in [2.75, 3.05) is 7.11 Å². The van der Waals surface area contributed by atoms with Gasteiger partial charge >= 0.3 is 0 Å². The van der Waals surface area contributed by atoms with Crippen molar-refractivity contribution < 1.29 is 9.15 Å². The number of para-hydroxylation sites is 1. The Morgan fingerprint density at radius 2 is 2.00 bits per heavy atom. The number of hydrogen-bond donors (Lipinski definition) is 0. The van der Waals surface area contributed by atoms with Crippen LogP contribution in [-0.4, -0.2) is 7.11 Å². The third-order valence-corrected chi connectivity index (χ3v) is 1.92. The Morgan fingerprint density at radius 3 is 2.75 bits per heavy atom. The van der Waals surface area contributed by atoms with E-state index in [1.54, 1.807) is 7.11 Å². The fourth-order valence-corrected chi connectivity index (χ4v) is 1.40. The second-order valence-corrected chi connectivity index (χ2v) is 2.69. The molecule has 0 amide bonds. The lowest BCUT2D eigenvalue weighted by Gasteiger charge is -1.94. The predicted molar refractivity (Wildman–Crippen MR) is 47.5 cm³/mol. The van der Waals surface area contributed by atoms with Crippen molar-refractivity contribution in [1.29, 1.82) is 0 Å². The van der Waals surface area contributed by atoms with Crippen molar-refractivity contribution in [3.8, 4) is 5.75 Å². The SMILES string of the molecule is COc1c(C)oc2ccccc12. The molecule has 2 aromatic rings. The normalized spacial score (nSPS) is 10.5. The zero-order valence-corrected chi connectivity index (χ0v) is 7.13. The third kappa shape index (κ3) is 0.881. The van der Waals surface area contributed by atoms with Crippen LogP contribution in [0.5, 0.6) is 5.75 Å². The molecule has 2 rings (SSSR count). The van der Waals surface area contributed by atoms with Crippen molar-refractivity contribution in [1.82, 2.24) is 0 Å². The quantitative estimate of drug-likeness (QED) is 0.643. The molecule has 0 saturated carbocycles. The van der Waals surface area contributed by atoms with Crippen molar-refractivity contribution in [2.24, 2.45) is 0 Å². The molecule has 1 aromatic heterocycles. The Balaban J connectivity index is 2.81. The zero-order chi connectivity index (χ0) is 8.55. The van der Waals surface area contributed by atoms with Crippen molar-refractivity contribution in [3.05, 3.63) is 30.0 Å². The van der Waals surface area contributed by atoms with Gasteiger partial charge in [-0.25, -0.2) is 0 Å². The molecule has 12 heavy (non-hydrogen) atoms. The number of methoxy groups -OCH3 is 1. The van der Waals surface area contributed by atoms with Gasteiger partial charge in [-0.15, -0.1) is 0 Å². The minimum Gasteiger partial charge on any atom is -0.492 e. The number of aryl methyl sites for hydroxylation is 1. The summed E-state index contributed by atoms with van der Waals surface area (Å²) < 4.78 is 10.7. The lowest BCUT2D eigenvalue weighted by Crippen LogP contribution is -1.81. The molecule has 62 valence electrons. The molecule has 0 aliphatic heterocycles. The van der Waals surface area contributed by atoms with E-state index in [1.807, 2.05) is 31.2 Å². The maximum absolute atomic E-state index is 5.46. The minimum atomic E-state index is 0.832. The molecule has 0 aliphatic rings. The fraction of sp³-hybridized carbons (Fsp3) is 0.200. The van der Waals surface area contributed by atoms with Gasteiger partial charge in [-0.3, -0.25) is 0 Å². The first-order valence-corrected chi connectivity index (χ1v) is 3.85. The molecule has 0 fully saturated rings. The highest BCUT2D eigenvalue weighted by atomic mass is 16.5. The van der Waals surface area contributed by atoms with Gasteiger partial charge < -0.3 is 9.15 Å². The highest BCUT2D eigenvalue weighted by Crippen LogP contribution is 2.31. The molecule has 0 radical (unpaired) electrons. The Kier molecular flexibility index (Phi) is 1.54. The van der Waals surface area contributed by atoms with Crippen LogP contribution in [0.4, 0.5) is 0 Å². The number of furan rings is 1. The van der Waals surface area contributed by atoms with E-state index in [1.165, 1.54) is 0 Å². The standard InChI is InChI=1S/C10H10O2/c1-7-10(11-2)8-5-3-4-6-9(8)12-7/h3-6H,1-2H3.